The molecule has 5 nitrogen and oxygen atoms in total. The second-order valence-electron chi connectivity index (χ2n) is 5.22. The number of hydrogen-bond acceptors (Lipinski definition) is 5. The summed E-state index contributed by atoms with van der Waals surface area (Å²) in [6, 6.07) is 7.91. The summed E-state index contributed by atoms with van der Waals surface area (Å²) in [5.41, 5.74) is 1.54. The van der Waals surface area contributed by atoms with Gasteiger partial charge in [0.25, 0.3) is 5.91 Å². The van der Waals surface area contributed by atoms with Gasteiger partial charge in [-0.05, 0) is 49.5 Å². The van der Waals surface area contributed by atoms with Crippen molar-refractivity contribution in [2.24, 2.45) is 0 Å². The monoisotopic (exact) mass is 302 g/mol. The van der Waals surface area contributed by atoms with Crippen LogP contribution in [0.2, 0.25) is 0 Å². The highest BCUT2D eigenvalue weighted by Crippen LogP contribution is 2.20. The molecule has 0 radical (unpaired) electrons. The van der Waals surface area contributed by atoms with E-state index < -0.39 is 0 Å². The smallest absolute Gasteiger partial charge is 0.273 e. The van der Waals surface area contributed by atoms with Crippen molar-refractivity contribution < 1.29 is 4.79 Å². The lowest BCUT2D eigenvalue weighted by atomic mass is 10.2. The highest BCUT2D eigenvalue weighted by atomic mass is 32.1. The number of nitrogens with one attached hydrogen (secondary N) is 1. The van der Waals surface area contributed by atoms with Gasteiger partial charge in [-0.3, -0.25) is 4.79 Å². The predicted octanol–water partition coefficient (Wildman–Crippen LogP) is 2.56. The van der Waals surface area contributed by atoms with Crippen LogP contribution in [0.15, 0.2) is 29.6 Å². The summed E-state index contributed by atoms with van der Waals surface area (Å²) in [5, 5.41) is 5.18. The molecule has 3 heterocycles. The van der Waals surface area contributed by atoms with Crippen LogP contribution >= 0.6 is 11.5 Å². The fourth-order valence-corrected chi connectivity index (χ4v) is 3.15. The molecule has 1 N–H and O–H groups in total. The summed E-state index contributed by atoms with van der Waals surface area (Å²) in [6.07, 6.45) is 2.07. The third kappa shape index (κ3) is 3.21. The molecule has 0 aromatic carbocycles. The molecule has 0 aliphatic carbocycles. The molecule has 1 unspecified atom stereocenters. The number of aromatic nitrogens is 2. The van der Waals surface area contributed by atoms with Crippen molar-refractivity contribution in [1.29, 1.82) is 0 Å². The Morgan fingerprint density at radius 1 is 1.48 bits per heavy atom. The average molecular weight is 302 g/mol. The average Bonchev–Trinajstić information content (AvgIpc) is 3.16. The van der Waals surface area contributed by atoms with Crippen LogP contribution in [0.4, 0.5) is 5.82 Å². The second kappa shape index (κ2) is 6.22. The summed E-state index contributed by atoms with van der Waals surface area (Å²) >= 11 is 1.32. The first kappa shape index (κ1) is 14.0. The van der Waals surface area contributed by atoms with Crippen LogP contribution in [0.3, 0.4) is 0 Å². The molecule has 6 heteroatoms. The minimum absolute atomic E-state index is 0.0396. The molecule has 1 aliphatic rings. The van der Waals surface area contributed by atoms with Crippen LogP contribution < -0.4 is 5.32 Å². The Morgan fingerprint density at radius 2 is 2.38 bits per heavy atom. The van der Waals surface area contributed by atoms with Gasteiger partial charge in [0.05, 0.1) is 0 Å². The van der Waals surface area contributed by atoms with Crippen LogP contribution in [0.1, 0.15) is 29.0 Å². The van der Waals surface area contributed by atoms with Crippen molar-refractivity contribution in [3.05, 3.63) is 41.0 Å². The Balaban J connectivity index is 1.63. The van der Waals surface area contributed by atoms with Gasteiger partial charge in [0.1, 0.15) is 11.5 Å². The summed E-state index contributed by atoms with van der Waals surface area (Å²) in [5.74, 6) is 0.903. The molecule has 21 heavy (non-hydrogen) atoms. The van der Waals surface area contributed by atoms with Gasteiger partial charge >= 0.3 is 0 Å². The minimum atomic E-state index is 0.0396. The first-order valence-electron chi connectivity index (χ1n) is 7.13. The van der Waals surface area contributed by atoms with E-state index in [0.717, 1.165) is 37.4 Å². The van der Waals surface area contributed by atoms with E-state index in [4.69, 9.17) is 0 Å². The molecule has 1 amide bonds. The lowest BCUT2D eigenvalue weighted by Crippen LogP contribution is -2.39. The first-order valence-corrected chi connectivity index (χ1v) is 7.96. The molecule has 2 aromatic rings. The number of carbonyl (C=O) groups excluding carboxylic acids is 1. The first-order chi connectivity index (χ1) is 10.2. The fourth-order valence-electron chi connectivity index (χ4n) is 2.65. The largest absolute Gasteiger partial charge is 0.368 e. The van der Waals surface area contributed by atoms with E-state index >= 15 is 0 Å². The number of likely N-dealkylation sites (tertiary alicyclic amines) is 1. The van der Waals surface area contributed by atoms with E-state index in [2.05, 4.69) is 14.7 Å². The molecule has 1 atom stereocenters. The van der Waals surface area contributed by atoms with Gasteiger partial charge in [0.2, 0.25) is 0 Å². The topological polar surface area (TPSA) is 58.1 Å². The third-order valence-electron chi connectivity index (χ3n) is 3.70. The maximum Gasteiger partial charge on any atom is 0.273 e. The predicted molar refractivity (Wildman–Crippen MR) is 83.6 cm³/mol. The Hall–Kier alpha value is -1.95. The molecule has 0 bridgehead atoms. The molecule has 3 rings (SSSR count). The normalized spacial score (nSPS) is 18.0. The third-order valence-corrected chi connectivity index (χ3v) is 4.26. The van der Waals surface area contributed by atoms with Gasteiger partial charge in [-0.1, -0.05) is 6.07 Å². The van der Waals surface area contributed by atoms with E-state index in [1.54, 1.807) is 6.07 Å². The van der Waals surface area contributed by atoms with Gasteiger partial charge < -0.3 is 10.2 Å². The quantitative estimate of drug-likeness (QED) is 0.943. The standard InChI is InChI=1S/C15H18N4OS/c1-11-4-2-6-14(17-11)16-10-12-5-3-8-19(12)15(20)13-7-9-21-18-13/h2,4,6-7,9,12H,3,5,8,10H2,1H3,(H,16,17). The second-order valence-corrected chi connectivity index (χ2v) is 5.89. The minimum Gasteiger partial charge on any atom is -0.368 e. The number of rotatable bonds is 4. The number of anilines is 1. The van der Waals surface area contributed by atoms with Gasteiger partial charge in [-0.2, -0.15) is 4.37 Å². The Bertz CT molecular complexity index is 614. The molecular formula is C15H18N4OS. The van der Waals surface area contributed by atoms with Gasteiger partial charge in [-0.15, -0.1) is 0 Å². The van der Waals surface area contributed by atoms with Gasteiger partial charge in [-0.25, -0.2) is 4.98 Å². The van der Waals surface area contributed by atoms with Crippen molar-refractivity contribution in [2.45, 2.75) is 25.8 Å². The number of carbonyl (C=O) groups is 1. The summed E-state index contributed by atoms with van der Waals surface area (Å²) in [6.45, 7) is 3.51. The molecule has 0 spiro atoms. The maximum atomic E-state index is 12.4. The van der Waals surface area contributed by atoms with Crippen molar-refractivity contribution in [2.75, 3.05) is 18.4 Å². The summed E-state index contributed by atoms with van der Waals surface area (Å²) in [7, 11) is 0. The number of aryl methyl sites for hydroxylation is 1. The Kier molecular flexibility index (Phi) is 4.15. The molecule has 0 saturated carbocycles. The van der Waals surface area contributed by atoms with Gasteiger partial charge in [0, 0.05) is 30.2 Å². The SMILES string of the molecule is Cc1cccc(NCC2CCCN2C(=O)c2ccsn2)n1. The lowest BCUT2D eigenvalue weighted by molar-refractivity contribution is 0.0739. The molecule has 2 aromatic heterocycles. The molecule has 1 aliphatic heterocycles. The zero-order valence-corrected chi connectivity index (χ0v) is 12.8. The highest BCUT2D eigenvalue weighted by molar-refractivity contribution is 7.03. The maximum absolute atomic E-state index is 12.4. The van der Waals surface area contributed by atoms with Crippen LogP contribution in [-0.2, 0) is 0 Å². The molecule has 1 fully saturated rings. The van der Waals surface area contributed by atoms with E-state index in [-0.39, 0.29) is 11.9 Å². The number of nitrogens with zero attached hydrogens (tertiary/aromatic N) is 3. The Morgan fingerprint density at radius 3 is 3.14 bits per heavy atom. The van der Waals surface area contributed by atoms with Crippen LogP contribution in [0.25, 0.3) is 0 Å². The van der Waals surface area contributed by atoms with Crippen LogP contribution in [0, 0.1) is 6.92 Å². The fraction of sp³-hybridized carbons (Fsp3) is 0.400. The zero-order chi connectivity index (χ0) is 14.7. The van der Waals surface area contributed by atoms with Crippen molar-refractivity contribution >= 4 is 23.3 Å². The zero-order valence-electron chi connectivity index (χ0n) is 12.0. The van der Waals surface area contributed by atoms with Crippen molar-refractivity contribution in [1.82, 2.24) is 14.3 Å². The number of hydrogen-bond donors (Lipinski definition) is 1. The van der Waals surface area contributed by atoms with Gasteiger partial charge in [0.15, 0.2) is 0 Å². The van der Waals surface area contributed by atoms with Crippen molar-refractivity contribution in [3.63, 3.8) is 0 Å². The Labute approximate surface area is 128 Å². The van der Waals surface area contributed by atoms with Crippen molar-refractivity contribution in [3.8, 4) is 0 Å². The highest BCUT2D eigenvalue weighted by Gasteiger charge is 2.30. The van der Waals surface area contributed by atoms with E-state index in [1.165, 1.54) is 11.5 Å². The van der Waals surface area contributed by atoms with E-state index in [1.807, 2.05) is 35.4 Å². The number of pyridine rings is 1. The summed E-state index contributed by atoms with van der Waals surface area (Å²) in [4.78, 5) is 18.8. The summed E-state index contributed by atoms with van der Waals surface area (Å²) < 4.78 is 4.14. The molecule has 1 saturated heterocycles. The lowest BCUT2D eigenvalue weighted by Gasteiger charge is -2.24. The molecule has 110 valence electrons. The van der Waals surface area contributed by atoms with Crippen LogP contribution in [0.5, 0.6) is 0 Å². The molecular weight excluding hydrogens is 284 g/mol. The van der Waals surface area contributed by atoms with E-state index in [9.17, 15) is 4.79 Å². The van der Waals surface area contributed by atoms with E-state index in [0.29, 0.717) is 5.69 Å². The van der Waals surface area contributed by atoms with Crippen LogP contribution in [-0.4, -0.2) is 39.3 Å². The number of amides is 1.